The molecule has 1 saturated heterocycles. The summed E-state index contributed by atoms with van der Waals surface area (Å²) < 4.78 is 10.7. The zero-order chi connectivity index (χ0) is 25.3. The number of carbonyl (C=O) groups excluding carboxylic acids is 3. The van der Waals surface area contributed by atoms with E-state index >= 15 is 0 Å². The molecule has 7 nitrogen and oxygen atoms in total. The van der Waals surface area contributed by atoms with Crippen molar-refractivity contribution in [3.05, 3.63) is 89.7 Å². The lowest BCUT2D eigenvalue weighted by atomic mass is 9.83. The van der Waals surface area contributed by atoms with Crippen LogP contribution in [0.3, 0.4) is 0 Å². The van der Waals surface area contributed by atoms with E-state index in [-0.39, 0.29) is 11.2 Å². The summed E-state index contributed by atoms with van der Waals surface area (Å²) in [7, 11) is 0. The Balaban J connectivity index is 1.76. The van der Waals surface area contributed by atoms with E-state index in [9.17, 15) is 14.4 Å². The van der Waals surface area contributed by atoms with Crippen LogP contribution in [0.5, 0.6) is 5.75 Å². The minimum atomic E-state index is -1.22. The van der Waals surface area contributed by atoms with Gasteiger partial charge in [0.05, 0.1) is 6.04 Å². The number of nitrogens with zero attached hydrogens (tertiary/aromatic N) is 2. The lowest BCUT2D eigenvalue weighted by molar-refractivity contribution is -0.135. The number of ketones is 2. The van der Waals surface area contributed by atoms with Crippen LogP contribution in [-0.4, -0.2) is 29.2 Å². The van der Waals surface area contributed by atoms with E-state index in [2.05, 4.69) is 32.5 Å². The Morgan fingerprint density at radius 3 is 2.31 bits per heavy atom. The maximum absolute atomic E-state index is 13.6. The van der Waals surface area contributed by atoms with Crippen LogP contribution >= 0.6 is 0 Å². The molecule has 1 fully saturated rings. The summed E-state index contributed by atoms with van der Waals surface area (Å²) in [6.07, 6.45) is 1.62. The number of benzene rings is 2. The SMILES string of the molecule is C=CCOc1ccc(C(=O)C2C(=O)C(=O)N(c3cc(C)on3)C2c2ccc(C(C)(C)C)cc2)cc1. The lowest BCUT2D eigenvalue weighted by Crippen LogP contribution is -2.31. The van der Waals surface area contributed by atoms with Crippen molar-refractivity contribution in [3.63, 3.8) is 0 Å². The fourth-order valence-electron chi connectivity index (χ4n) is 4.22. The van der Waals surface area contributed by atoms with Crippen molar-refractivity contribution < 1.29 is 23.6 Å². The van der Waals surface area contributed by atoms with Gasteiger partial charge in [0, 0.05) is 11.6 Å². The summed E-state index contributed by atoms with van der Waals surface area (Å²) in [6, 6.07) is 14.9. The van der Waals surface area contributed by atoms with Gasteiger partial charge in [0.1, 0.15) is 24.0 Å². The van der Waals surface area contributed by atoms with Crippen molar-refractivity contribution in [2.24, 2.45) is 5.92 Å². The Morgan fingerprint density at radius 2 is 1.77 bits per heavy atom. The number of carbonyl (C=O) groups is 3. The normalized spacial score (nSPS) is 18.1. The van der Waals surface area contributed by atoms with Crippen LogP contribution in [0, 0.1) is 12.8 Å². The molecule has 3 aromatic rings. The van der Waals surface area contributed by atoms with E-state index in [1.807, 2.05) is 24.3 Å². The fraction of sp³-hybridized carbons (Fsp3) is 0.286. The first-order chi connectivity index (χ1) is 16.6. The van der Waals surface area contributed by atoms with Crippen LogP contribution in [0.1, 0.15) is 54.1 Å². The molecular formula is C28H28N2O5. The lowest BCUT2D eigenvalue weighted by Gasteiger charge is -2.26. The van der Waals surface area contributed by atoms with Gasteiger partial charge in [0.25, 0.3) is 5.91 Å². The number of anilines is 1. The van der Waals surface area contributed by atoms with Crippen molar-refractivity contribution in [3.8, 4) is 5.75 Å². The monoisotopic (exact) mass is 472 g/mol. The van der Waals surface area contributed by atoms with E-state index in [0.717, 1.165) is 5.56 Å². The molecule has 0 bridgehead atoms. The number of aromatic nitrogens is 1. The molecule has 0 N–H and O–H groups in total. The van der Waals surface area contributed by atoms with Crippen molar-refractivity contribution in [1.29, 1.82) is 0 Å². The summed E-state index contributed by atoms with van der Waals surface area (Å²) in [5, 5.41) is 3.96. The maximum Gasteiger partial charge on any atom is 0.297 e. The minimum absolute atomic E-state index is 0.0760. The minimum Gasteiger partial charge on any atom is -0.490 e. The summed E-state index contributed by atoms with van der Waals surface area (Å²) in [6.45, 7) is 12.0. The van der Waals surface area contributed by atoms with Crippen molar-refractivity contribution in [2.45, 2.75) is 39.2 Å². The molecule has 7 heteroatoms. The first-order valence-electron chi connectivity index (χ1n) is 11.4. The number of amides is 1. The molecule has 35 heavy (non-hydrogen) atoms. The predicted octanol–water partition coefficient (Wildman–Crippen LogP) is 5.00. The van der Waals surface area contributed by atoms with E-state index in [1.165, 1.54) is 4.90 Å². The third kappa shape index (κ3) is 4.67. The Hall–Kier alpha value is -4.00. The molecule has 2 unspecified atom stereocenters. The van der Waals surface area contributed by atoms with Crippen LogP contribution in [0.15, 0.2) is 71.8 Å². The van der Waals surface area contributed by atoms with Gasteiger partial charge in [-0.05, 0) is 47.7 Å². The zero-order valence-corrected chi connectivity index (χ0v) is 20.3. The molecular weight excluding hydrogens is 444 g/mol. The topological polar surface area (TPSA) is 89.7 Å². The van der Waals surface area contributed by atoms with Crippen LogP contribution < -0.4 is 9.64 Å². The standard InChI is InChI=1S/C28H28N2O5/c1-6-15-34-21-13-9-19(10-14-21)25(31)23-24(18-7-11-20(12-8-18)28(3,4)5)30(27(33)26(23)32)22-16-17(2)35-29-22/h6-14,16,23-24H,1,15H2,2-5H3. The molecule has 2 atom stereocenters. The van der Waals surface area contributed by atoms with E-state index in [4.69, 9.17) is 9.26 Å². The number of ether oxygens (including phenoxy) is 1. The highest BCUT2D eigenvalue weighted by Crippen LogP contribution is 2.41. The van der Waals surface area contributed by atoms with E-state index in [0.29, 0.717) is 29.2 Å². The molecule has 1 aromatic heterocycles. The summed E-state index contributed by atoms with van der Waals surface area (Å²) >= 11 is 0. The molecule has 0 aliphatic carbocycles. The Bertz CT molecular complexity index is 1270. The Kier molecular flexibility index (Phi) is 6.43. The first kappa shape index (κ1) is 24.1. The Morgan fingerprint density at radius 1 is 1.11 bits per heavy atom. The van der Waals surface area contributed by atoms with Gasteiger partial charge in [-0.1, -0.05) is 62.8 Å². The molecule has 180 valence electrons. The summed E-state index contributed by atoms with van der Waals surface area (Å²) in [4.78, 5) is 41.3. The van der Waals surface area contributed by atoms with Gasteiger partial charge in [-0.2, -0.15) is 0 Å². The number of hydrogen-bond donors (Lipinski definition) is 0. The molecule has 4 rings (SSSR count). The molecule has 0 spiro atoms. The third-order valence-electron chi connectivity index (χ3n) is 6.08. The second kappa shape index (κ2) is 9.33. The predicted molar refractivity (Wildman–Crippen MR) is 132 cm³/mol. The second-order valence-electron chi connectivity index (χ2n) is 9.62. The number of hydrogen-bond acceptors (Lipinski definition) is 6. The van der Waals surface area contributed by atoms with Gasteiger partial charge < -0.3 is 9.26 Å². The van der Waals surface area contributed by atoms with E-state index < -0.39 is 29.4 Å². The average molecular weight is 473 g/mol. The molecule has 0 radical (unpaired) electrons. The average Bonchev–Trinajstić information content (AvgIpc) is 3.37. The molecule has 1 aliphatic rings. The van der Waals surface area contributed by atoms with E-state index in [1.54, 1.807) is 43.3 Å². The van der Waals surface area contributed by atoms with Crippen molar-refractivity contribution in [2.75, 3.05) is 11.5 Å². The second-order valence-corrected chi connectivity index (χ2v) is 9.62. The molecule has 2 aromatic carbocycles. The van der Waals surface area contributed by atoms with Gasteiger partial charge in [0.2, 0.25) is 5.78 Å². The summed E-state index contributed by atoms with van der Waals surface area (Å²) in [5.74, 6) is -1.95. The highest BCUT2D eigenvalue weighted by molar-refractivity contribution is 6.48. The van der Waals surface area contributed by atoms with Crippen LogP contribution in [0.2, 0.25) is 0 Å². The number of rotatable bonds is 7. The van der Waals surface area contributed by atoms with Gasteiger partial charge >= 0.3 is 0 Å². The van der Waals surface area contributed by atoms with Crippen LogP contribution in [0.25, 0.3) is 0 Å². The Labute approximate surface area is 204 Å². The molecule has 0 saturated carbocycles. The van der Waals surface area contributed by atoms with Gasteiger partial charge in [-0.15, -0.1) is 0 Å². The number of aryl methyl sites for hydroxylation is 1. The largest absolute Gasteiger partial charge is 0.490 e. The third-order valence-corrected chi connectivity index (χ3v) is 6.08. The van der Waals surface area contributed by atoms with Crippen LogP contribution in [0.4, 0.5) is 5.82 Å². The highest BCUT2D eigenvalue weighted by atomic mass is 16.5. The quantitative estimate of drug-likeness (QED) is 0.208. The van der Waals surface area contributed by atoms with Crippen molar-refractivity contribution in [1.82, 2.24) is 5.16 Å². The first-order valence-corrected chi connectivity index (χ1v) is 11.4. The fourth-order valence-corrected chi connectivity index (χ4v) is 4.22. The van der Waals surface area contributed by atoms with Gasteiger partial charge in [-0.3, -0.25) is 19.3 Å². The molecule has 1 amide bonds. The van der Waals surface area contributed by atoms with Crippen molar-refractivity contribution >= 4 is 23.3 Å². The summed E-state index contributed by atoms with van der Waals surface area (Å²) in [5.41, 5.74) is 2.00. The van der Waals surface area contributed by atoms with Gasteiger partial charge in [-0.25, -0.2) is 0 Å². The van der Waals surface area contributed by atoms with Crippen LogP contribution in [-0.2, 0) is 15.0 Å². The highest BCUT2D eigenvalue weighted by Gasteiger charge is 2.53. The smallest absolute Gasteiger partial charge is 0.297 e. The molecule has 1 aliphatic heterocycles. The maximum atomic E-state index is 13.6. The molecule has 2 heterocycles. The number of Topliss-reactive ketones (excluding diaryl/α,β-unsaturated/α-hetero) is 2. The van der Waals surface area contributed by atoms with Gasteiger partial charge in [0.15, 0.2) is 11.6 Å². The zero-order valence-electron chi connectivity index (χ0n) is 20.3.